The minimum Gasteiger partial charge on any atom is -0.312 e. The summed E-state index contributed by atoms with van der Waals surface area (Å²) in [7, 11) is 0. The van der Waals surface area contributed by atoms with Crippen LogP contribution in [0.5, 0.6) is 0 Å². The van der Waals surface area contributed by atoms with E-state index in [0.717, 1.165) is 6.54 Å². The van der Waals surface area contributed by atoms with Crippen LogP contribution in [-0.2, 0) is 6.54 Å². The van der Waals surface area contributed by atoms with Crippen LogP contribution in [0.15, 0.2) is 30.7 Å². The number of nitrogens with one attached hydrogen (secondary N) is 1. The van der Waals surface area contributed by atoms with Gasteiger partial charge in [0, 0.05) is 30.7 Å². The molecule has 0 aliphatic rings. The molecule has 0 aliphatic carbocycles. The van der Waals surface area contributed by atoms with Crippen molar-refractivity contribution in [2.45, 2.75) is 20.4 Å². The van der Waals surface area contributed by atoms with Gasteiger partial charge in [-0.2, -0.15) is 5.10 Å². The number of pyridine rings is 1. The minimum atomic E-state index is -0.322. The first-order valence-electron chi connectivity index (χ1n) is 6.02. The average Bonchev–Trinajstić information content (AvgIpc) is 2.84. The van der Waals surface area contributed by atoms with E-state index in [9.17, 15) is 4.39 Å². The van der Waals surface area contributed by atoms with Gasteiger partial charge >= 0.3 is 0 Å². The van der Waals surface area contributed by atoms with Crippen LogP contribution in [0.3, 0.4) is 0 Å². The number of hydrogen-bond donors (Lipinski definition) is 1. The molecule has 2 rings (SSSR count). The molecule has 5 heteroatoms. The molecule has 0 spiro atoms. The summed E-state index contributed by atoms with van der Waals surface area (Å²) in [5.74, 6) is 0.460. The largest absolute Gasteiger partial charge is 0.312 e. The van der Waals surface area contributed by atoms with Crippen molar-refractivity contribution in [2.75, 3.05) is 6.54 Å². The van der Waals surface area contributed by atoms with E-state index in [-0.39, 0.29) is 11.6 Å². The van der Waals surface area contributed by atoms with E-state index in [0.29, 0.717) is 18.0 Å². The van der Waals surface area contributed by atoms with Crippen molar-refractivity contribution < 1.29 is 4.39 Å². The van der Waals surface area contributed by atoms with Crippen LogP contribution in [0.1, 0.15) is 19.4 Å². The molecule has 18 heavy (non-hydrogen) atoms. The van der Waals surface area contributed by atoms with Gasteiger partial charge in [0.25, 0.3) is 0 Å². The Morgan fingerprint density at radius 3 is 2.89 bits per heavy atom. The molecule has 0 unspecified atom stereocenters. The molecular formula is C13H17FN4. The third-order valence-electron chi connectivity index (χ3n) is 2.54. The van der Waals surface area contributed by atoms with Gasteiger partial charge in [-0.3, -0.25) is 0 Å². The summed E-state index contributed by atoms with van der Waals surface area (Å²) in [6.07, 6.45) is 4.88. The average molecular weight is 248 g/mol. The first-order chi connectivity index (χ1) is 8.68. The lowest BCUT2D eigenvalue weighted by atomic mass is 10.2. The first kappa shape index (κ1) is 12.7. The van der Waals surface area contributed by atoms with E-state index in [1.807, 2.05) is 0 Å². The van der Waals surface area contributed by atoms with E-state index in [1.54, 1.807) is 30.7 Å². The number of hydrogen-bond acceptors (Lipinski definition) is 3. The van der Waals surface area contributed by atoms with Crippen molar-refractivity contribution in [3.63, 3.8) is 0 Å². The van der Waals surface area contributed by atoms with Crippen molar-refractivity contribution in [3.05, 3.63) is 42.1 Å². The third-order valence-corrected chi connectivity index (χ3v) is 2.54. The maximum atomic E-state index is 14.2. The molecule has 0 aliphatic heterocycles. The number of halogens is 1. The monoisotopic (exact) mass is 248 g/mol. The Morgan fingerprint density at radius 1 is 1.39 bits per heavy atom. The Balaban J connectivity index is 2.15. The van der Waals surface area contributed by atoms with Gasteiger partial charge in [0.15, 0.2) is 11.6 Å². The summed E-state index contributed by atoms with van der Waals surface area (Å²) in [6.45, 7) is 5.59. The fourth-order valence-electron chi connectivity index (χ4n) is 1.66. The Hall–Kier alpha value is -1.75. The summed E-state index contributed by atoms with van der Waals surface area (Å²) in [4.78, 5) is 4.02. The number of nitrogens with zero attached hydrogens (tertiary/aromatic N) is 3. The van der Waals surface area contributed by atoms with Crippen LogP contribution in [0.4, 0.5) is 4.39 Å². The molecule has 0 saturated heterocycles. The van der Waals surface area contributed by atoms with E-state index < -0.39 is 0 Å². The predicted molar refractivity (Wildman–Crippen MR) is 67.9 cm³/mol. The van der Waals surface area contributed by atoms with Crippen molar-refractivity contribution in [2.24, 2.45) is 5.92 Å². The lowest BCUT2D eigenvalue weighted by Gasteiger charge is -2.10. The highest BCUT2D eigenvalue weighted by Gasteiger charge is 2.11. The normalized spacial score (nSPS) is 11.1. The standard InChI is InChI=1S/C13H17FN4/c1-10(2)8-15-9-11-4-6-16-13(12(11)14)18-7-3-5-17-18/h3-7,10,15H,8-9H2,1-2H3. The van der Waals surface area contributed by atoms with Gasteiger partial charge in [-0.1, -0.05) is 13.8 Å². The molecule has 0 bridgehead atoms. The van der Waals surface area contributed by atoms with Crippen molar-refractivity contribution >= 4 is 0 Å². The summed E-state index contributed by atoms with van der Waals surface area (Å²) in [5.41, 5.74) is 0.608. The van der Waals surface area contributed by atoms with Crippen LogP contribution < -0.4 is 5.32 Å². The topological polar surface area (TPSA) is 42.7 Å². The number of aromatic nitrogens is 3. The summed E-state index contributed by atoms with van der Waals surface area (Å²) in [6, 6.07) is 3.43. The van der Waals surface area contributed by atoms with E-state index >= 15 is 0 Å². The van der Waals surface area contributed by atoms with Gasteiger partial charge in [0.2, 0.25) is 0 Å². The van der Waals surface area contributed by atoms with Gasteiger partial charge in [-0.15, -0.1) is 0 Å². The molecule has 1 N–H and O–H groups in total. The highest BCUT2D eigenvalue weighted by molar-refractivity contribution is 5.29. The van der Waals surface area contributed by atoms with E-state index in [1.165, 1.54) is 4.68 Å². The van der Waals surface area contributed by atoms with Gasteiger partial charge in [0.05, 0.1) is 0 Å². The molecule has 0 radical (unpaired) electrons. The second-order valence-electron chi connectivity index (χ2n) is 4.58. The second-order valence-corrected chi connectivity index (χ2v) is 4.58. The quantitative estimate of drug-likeness (QED) is 0.881. The van der Waals surface area contributed by atoms with Gasteiger partial charge in [-0.05, 0) is 24.6 Å². The molecule has 4 nitrogen and oxygen atoms in total. The Labute approximate surface area is 106 Å². The number of rotatable bonds is 5. The zero-order chi connectivity index (χ0) is 13.0. The van der Waals surface area contributed by atoms with E-state index in [4.69, 9.17) is 0 Å². The zero-order valence-corrected chi connectivity index (χ0v) is 10.6. The summed E-state index contributed by atoms with van der Waals surface area (Å²) >= 11 is 0. The summed E-state index contributed by atoms with van der Waals surface area (Å²) < 4.78 is 15.6. The highest BCUT2D eigenvalue weighted by Crippen LogP contribution is 2.13. The van der Waals surface area contributed by atoms with Crippen molar-refractivity contribution in [1.82, 2.24) is 20.1 Å². The highest BCUT2D eigenvalue weighted by atomic mass is 19.1. The zero-order valence-electron chi connectivity index (χ0n) is 10.6. The van der Waals surface area contributed by atoms with Crippen molar-refractivity contribution in [3.8, 4) is 5.82 Å². The first-order valence-corrected chi connectivity index (χ1v) is 6.02. The minimum absolute atomic E-state index is 0.240. The predicted octanol–water partition coefficient (Wildman–Crippen LogP) is 2.15. The molecule has 0 amide bonds. The molecule has 0 saturated carbocycles. The second kappa shape index (κ2) is 5.73. The summed E-state index contributed by atoms with van der Waals surface area (Å²) in [5, 5.41) is 7.21. The van der Waals surface area contributed by atoms with E-state index in [2.05, 4.69) is 29.2 Å². The Morgan fingerprint density at radius 2 is 2.22 bits per heavy atom. The Bertz CT molecular complexity index is 494. The van der Waals surface area contributed by atoms with Gasteiger partial charge in [-0.25, -0.2) is 14.1 Å². The fourth-order valence-corrected chi connectivity index (χ4v) is 1.66. The fraction of sp³-hybridized carbons (Fsp3) is 0.385. The van der Waals surface area contributed by atoms with Crippen LogP contribution in [0, 0.1) is 11.7 Å². The SMILES string of the molecule is CC(C)CNCc1ccnc(-n2cccn2)c1F. The molecule has 96 valence electrons. The molecule has 2 heterocycles. The smallest absolute Gasteiger partial charge is 0.189 e. The van der Waals surface area contributed by atoms with Crippen molar-refractivity contribution in [1.29, 1.82) is 0 Å². The lowest BCUT2D eigenvalue weighted by Crippen LogP contribution is -2.20. The lowest BCUT2D eigenvalue weighted by molar-refractivity contribution is 0.529. The maximum absolute atomic E-state index is 14.2. The third kappa shape index (κ3) is 2.92. The van der Waals surface area contributed by atoms with Gasteiger partial charge < -0.3 is 5.32 Å². The molecule has 0 atom stereocenters. The molecule has 2 aromatic rings. The van der Waals surface area contributed by atoms with Crippen LogP contribution in [0.2, 0.25) is 0 Å². The van der Waals surface area contributed by atoms with Gasteiger partial charge in [0.1, 0.15) is 0 Å². The van der Waals surface area contributed by atoms with Crippen LogP contribution in [0.25, 0.3) is 5.82 Å². The maximum Gasteiger partial charge on any atom is 0.189 e. The van der Waals surface area contributed by atoms with Crippen LogP contribution >= 0.6 is 0 Å². The molecule has 2 aromatic heterocycles. The molecule has 0 fully saturated rings. The molecule has 0 aromatic carbocycles. The van der Waals surface area contributed by atoms with Crippen LogP contribution in [-0.4, -0.2) is 21.3 Å². The Kier molecular flexibility index (Phi) is 4.04. The molecular weight excluding hydrogens is 231 g/mol.